The van der Waals surface area contributed by atoms with Crippen LogP contribution in [-0.2, 0) is 14.8 Å². The maximum Gasteiger partial charge on any atom is 0.339 e. The van der Waals surface area contributed by atoms with Gasteiger partial charge in [-0.2, -0.15) is 9.57 Å². The van der Waals surface area contributed by atoms with Crippen LogP contribution in [-0.4, -0.2) is 37.9 Å². The number of hydrogen-bond donors (Lipinski definition) is 0. The van der Waals surface area contributed by atoms with Gasteiger partial charge in [-0.25, -0.2) is 13.2 Å². The highest BCUT2D eigenvalue weighted by Crippen LogP contribution is 2.25. The lowest BCUT2D eigenvalue weighted by Gasteiger charge is -2.32. The van der Waals surface area contributed by atoms with Crippen molar-refractivity contribution < 1.29 is 17.9 Å². The van der Waals surface area contributed by atoms with Crippen molar-refractivity contribution in [3.05, 3.63) is 29.8 Å². The van der Waals surface area contributed by atoms with E-state index in [1.165, 1.54) is 28.6 Å². The average molecular weight is 322 g/mol. The molecule has 0 aromatic heterocycles. The van der Waals surface area contributed by atoms with Gasteiger partial charge in [0.15, 0.2) is 6.61 Å². The number of carbonyl (C=O) groups is 1. The fraction of sp³-hybridized carbons (Fsp3) is 0.467. The quantitative estimate of drug-likeness (QED) is 0.790. The van der Waals surface area contributed by atoms with Crippen molar-refractivity contribution in [2.45, 2.75) is 37.1 Å². The summed E-state index contributed by atoms with van der Waals surface area (Å²) in [6.45, 7) is 2.10. The Bertz CT molecular complexity index is 676. The van der Waals surface area contributed by atoms with Gasteiger partial charge in [0, 0.05) is 12.6 Å². The van der Waals surface area contributed by atoms with Crippen LogP contribution in [0.15, 0.2) is 29.2 Å². The molecule has 6 nitrogen and oxygen atoms in total. The zero-order valence-corrected chi connectivity index (χ0v) is 13.2. The minimum atomic E-state index is -3.54. The first-order valence-corrected chi connectivity index (χ1v) is 8.57. The molecule has 0 amide bonds. The standard InChI is InChI=1S/C15H18N2O4S/c1-12-4-2-3-10-17(12)22(19,20)14-7-5-13(6-8-14)15(18)21-11-9-16/h5-8,12H,2-4,10-11H2,1H3/t12-/m0/s1. The van der Waals surface area contributed by atoms with Crippen molar-refractivity contribution in [2.75, 3.05) is 13.2 Å². The molecule has 118 valence electrons. The lowest BCUT2D eigenvalue weighted by atomic mass is 10.1. The van der Waals surface area contributed by atoms with Gasteiger partial charge < -0.3 is 4.74 Å². The zero-order chi connectivity index (χ0) is 16.2. The predicted octanol–water partition coefficient (Wildman–Crippen LogP) is 1.93. The molecule has 0 spiro atoms. The van der Waals surface area contributed by atoms with Crippen molar-refractivity contribution in [2.24, 2.45) is 0 Å². The minimum Gasteiger partial charge on any atom is -0.447 e. The van der Waals surface area contributed by atoms with Crippen molar-refractivity contribution in [1.82, 2.24) is 4.31 Å². The number of ether oxygens (including phenoxy) is 1. The predicted molar refractivity (Wildman–Crippen MR) is 79.5 cm³/mol. The highest BCUT2D eigenvalue weighted by atomic mass is 32.2. The Morgan fingerprint density at radius 1 is 1.36 bits per heavy atom. The fourth-order valence-electron chi connectivity index (χ4n) is 2.51. The van der Waals surface area contributed by atoms with Crippen LogP contribution in [0.3, 0.4) is 0 Å². The number of nitrogens with zero attached hydrogens (tertiary/aromatic N) is 2. The summed E-state index contributed by atoms with van der Waals surface area (Å²) in [4.78, 5) is 11.7. The molecule has 1 fully saturated rings. The molecule has 0 saturated carbocycles. The van der Waals surface area contributed by atoms with Gasteiger partial charge in [0.25, 0.3) is 0 Å². The number of piperidine rings is 1. The molecular weight excluding hydrogens is 304 g/mol. The Kier molecular flexibility index (Phi) is 5.16. The van der Waals surface area contributed by atoms with Crippen LogP contribution in [0.4, 0.5) is 0 Å². The zero-order valence-electron chi connectivity index (χ0n) is 12.4. The first-order valence-electron chi connectivity index (χ1n) is 7.13. The second-order valence-electron chi connectivity index (χ2n) is 5.22. The summed E-state index contributed by atoms with van der Waals surface area (Å²) >= 11 is 0. The maximum atomic E-state index is 12.6. The SMILES string of the molecule is C[C@H]1CCCCN1S(=O)(=O)c1ccc(C(=O)OCC#N)cc1. The van der Waals surface area contributed by atoms with E-state index >= 15 is 0 Å². The van der Waals surface area contributed by atoms with E-state index in [1.807, 2.05) is 6.92 Å². The van der Waals surface area contributed by atoms with E-state index in [4.69, 9.17) is 5.26 Å². The molecule has 0 N–H and O–H groups in total. The largest absolute Gasteiger partial charge is 0.447 e. The van der Waals surface area contributed by atoms with E-state index in [0.29, 0.717) is 6.54 Å². The van der Waals surface area contributed by atoms with Gasteiger partial charge in [-0.1, -0.05) is 6.42 Å². The fourth-order valence-corrected chi connectivity index (χ4v) is 4.21. The number of esters is 1. The molecule has 1 aliphatic rings. The Labute approximate surface area is 130 Å². The normalized spacial score (nSPS) is 19.4. The molecule has 0 bridgehead atoms. The third-order valence-corrected chi connectivity index (χ3v) is 5.73. The van der Waals surface area contributed by atoms with Crippen molar-refractivity contribution >= 4 is 16.0 Å². The third kappa shape index (κ3) is 3.46. The Morgan fingerprint density at radius 2 is 2.05 bits per heavy atom. The summed E-state index contributed by atoms with van der Waals surface area (Å²) in [7, 11) is -3.54. The first kappa shape index (κ1) is 16.5. The summed E-state index contributed by atoms with van der Waals surface area (Å²) in [6, 6.07) is 7.30. The van der Waals surface area contributed by atoms with Gasteiger partial charge in [0.2, 0.25) is 10.0 Å². The van der Waals surface area contributed by atoms with Crippen LogP contribution in [0, 0.1) is 11.3 Å². The lowest BCUT2D eigenvalue weighted by molar-refractivity contribution is 0.0555. The summed E-state index contributed by atoms with van der Waals surface area (Å²) in [5.74, 6) is -0.642. The highest BCUT2D eigenvalue weighted by Gasteiger charge is 2.30. The van der Waals surface area contributed by atoms with Crippen LogP contribution in [0.2, 0.25) is 0 Å². The number of sulfonamides is 1. The number of benzene rings is 1. The van der Waals surface area contributed by atoms with E-state index in [-0.39, 0.29) is 23.1 Å². The molecular formula is C15H18N2O4S. The Hall–Kier alpha value is -1.91. The van der Waals surface area contributed by atoms with Gasteiger partial charge in [-0.3, -0.25) is 0 Å². The Balaban J connectivity index is 2.19. The molecule has 7 heteroatoms. The van der Waals surface area contributed by atoms with E-state index in [0.717, 1.165) is 19.3 Å². The number of hydrogen-bond acceptors (Lipinski definition) is 5. The van der Waals surface area contributed by atoms with Crippen LogP contribution >= 0.6 is 0 Å². The van der Waals surface area contributed by atoms with Gasteiger partial charge in [-0.15, -0.1) is 0 Å². The van der Waals surface area contributed by atoms with Gasteiger partial charge in [-0.05, 0) is 44.0 Å². The van der Waals surface area contributed by atoms with Crippen LogP contribution in [0.5, 0.6) is 0 Å². The summed E-state index contributed by atoms with van der Waals surface area (Å²) in [6.07, 6.45) is 2.76. The maximum absolute atomic E-state index is 12.6. The van der Waals surface area contributed by atoms with Crippen molar-refractivity contribution in [1.29, 1.82) is 5.26 Å². The molecule has 2 rings (SSSR count). The molecule has 0 aliphatic carbocycles. The molecule has 1 heterocycles. The first-order chi connectivity index (χ1) is 10.5. The second kappa shape index (κ2) is 6.90. The van der Waals surface area contributed by atoms with Gasteiger partial charge in [0.1, 0.15) is 6.07 Å². The number of rotatable bonds is 4. The van der Waals surface area contributed by atoms with E-state index in [9.17, 15) is 13.2 Å². The van der Waals surface area contributed by atoms with Gasteiger partial charge >= 0.3 is 5.97 Å². The number of carbonyl (C=O) groups excluding carboxylic acids is 1. The van der Waals surface area contributed by atoms with E-state index in [1.54, 1.807) is 6.07 Å². The minimum absolute atomic E-state index is 0.0148. The summed E-state index contributed by atoms with van der Waals surface area (Å²) in [5.41, 5.74) is 0.223. The highest BCUT2D eigenvalue weighted by molar-refractivity contribution is 7.89. The molecule has 22 heavy (non-hydrogen) atoms. The van der Waals surface area contributed by atoms with E-state index in [2.05, 4.69) is 4.74 Å². The molecule has 1 atom stereocenters. The molecule has 1 aromatic carbocycles. The molecule has 1 aliphatic heterocycles. The van der Waals surface area contributed by atoms with Crippen molar-refractivity contribution in [3.8, 4) is 6.07 Å². The smallest absolute Gasteiger partial charge is 0.339 e. The average Bonchev–Trinajstić information content (AvgIpc) is 2.53. The Morgan fingerprint density at radius 3 is 2.64 bits per heavy atom. The third-order valence-electron chi connectivity index (χ3n) is 3.71. The molecule has 0 radical (unpaired) electrons. The molecule has 1 saturated heterocycles. The van der Waals surface area contributed by atoms with E-state index < -0.39 is 16.0 Å². The summed E-state index contributed by atoms with van der Waals surface area (Å²) in [5, 5.41) is 8.37. The number of nitriles is 1. The lowest BCUT2D eigenvalue weighted by Crippen LogP contribution is -2.41. The molecule has 0 unspecified atom stereocenters. The van der Waals surface area contributed by atoms with Crippen LogP contribution < -0.4 is 0 Å². The second-order valence-corrected chi connectivity index (χ2v) is 7.11. The monoisotopic (exact) mass is 322 g/mol. The van der Waals surface area contributed by atoms with Crippen LogP contribution in [0.25, 0.3) is 0 Å². The van der Waals surface area contributed by atoms with Gasteiger partial charge in [0.05, 0.1) is 10.5 Å². The topological polar surface area (TPSA) is 87.5 Å². The van der Waals surface area contributed by atoms with Crippen molar-refractivity contribution in [3.63, 3.8) is 0 Å². The van der Waals surface area contributed by atoms with Crippen LogP contribution in [0.1, 0.15) is 36.5 Å². The molecule has 1 aromatic rings. The summed E-state index contributed by atoms with van der Waals surface area (Å²) < 4.78 is 31.4.